The molecule has 31 heavy (non-hydrogen) atoms. The highest BCUT2D eigenvalue weighted by molar-refractivity contribution is 5.92. The van der Waals surface area contributed by atoms with E-state index in [1.165, 1.54) is 12.1 Å². The van der Waals surface area contributed by atoms with Crippen LogP contribution in [0, 0.1) is 11.2 Å². The average molecular weight is 421 g/mol. The summed E-state index contributed by atoms with van der Waals surface area (Å²) in [7, 11) is 2.10. The number of piperidine rings is 1. The van der Waals surface area contributed by atoms with Crippen molar-refractivity contribution < 1.29 is 13.7 Å². The molecule has 0 radical (unpaired) electrons. The smallest absolute Gasteiger partial charge is 0.272 e. The van der Waals surface area contributed by atoms with Crippen molar-refractivity contribution in [3.8, 4) is 11.5 Å². The van der Waals surface area contributed by atoms with Gasteiger partial charge < -0.3 is 9.42 Å². The van der Waals surface area contributed by atoms with Crippen molar-refractivity contribution in [2.24, 2.45) is 5.41 Å². The lowest BCUT2D eigenvalue weighted by Crippen LogP contribution is -2.44. The molecule has 3 aromatic rings. The third-order valence-corrected chi connectivity index (χ3v) is 6.56. The van der Waals surface area contributed by atoms with Gasteiger partial charge in [-0.1, -0.05) is 23.4 Å². The molecule has 0 aliphatic carbocycles. The maximum Gasteiger partial charge on any atom is 0.272 e. The number of likely N-dealkylation sites (tertiary alicyclic amines) is 2. The third-order valence-electron chi connectivity index (χ3n) is 6.56. The summed E-state index contributed by atoms with van der Waals surface area (Å²) in [4.78, 5) is 25.4. The van der Waals surface area contributed by atoms with Crippen LogP contribution < -0.4 is 0 Å². The Morgan fingerprint density at radius 2 is 1.94 bits per heavy atom. The molecule has 1 atom stereocenters. The first-order chi connectivity index (χ1) is 15.0. The molecule has 4 heterocycles. The number of carbonyl (C=O) groups is 1. The zero-order chi connectivity index (χ0) is 21.4. The molecule has 2 fully saturated rings. The van der Waals surface area contributed by atoms with E-state index in [4.69, 9.17) is 4.52 Å². The molecule has 2 saturated heterocycles. The molecule has 0 bridgehead atoms. The molecule has 1 amide bonds. The molecule has 2 aliphatic rings. The highest BCUT2D eigenvalue weighted by Crippen LogP contribution is 2.48. The van der Waals surface area contributed by atoms with Gasteiger partial charge in [0.25, 0.3) is 11.8 Å². The fourth-order valence-corrected chi connectivity index (χ4v) is 4.84. The van der Waals surface area contributed by atoms with Gasteiger partial charge in [0.1, 0.15) is 11.5 Å². The maximum atomic E-state index is 13.1. The van der Waals surface area contributed by atoms with Crippen molar-refractivity contribution in [1.82, 2.24) is 24.9 Å². The highest BCUT2D eigenvalue weighted by Gasteiger charge is 2.46. The fraction of sp³-hybridized carbons (Fsp3) is 0.391. The Morgan fingerprint density at radius 3 is 2.65 bits per heavy atom. The molecule has 1 spiro atoms. The van der Waals surface area contributed by atoms with Crippen LogP contribution in [0.5, 0.6) is 0 Å². The molecular formula is C23H24FN5O2. The van der Waals surface area contributed by atoms with Gasteiger partial charge in [0.05, 0.1) is 12.2 Å². The minimum absolute atomic E-state index is 0.0993. The molecule has 1 aromatic carbocycles. The largest absolute Gasteiger partial charge is 0.337 e. The van der Waals surface area contributed by atoms with E-state index in [0.29, 0.717) is 30.5 Å². The number of carbonyl (C=O) groups excluding carboxylic acids is 1. The van der Waals surface area contributed by atoms with Crippen LogP contribution in [-0.2, 0) is 0 Å². The first-order valence-corrected chi connectivity index (χ1v) is 10.5. The van der Waals surface area contributed by atoms with Crippen LogP contribution in [0.3, 0.4) is 0 Å². The minimum Gasteiger partial charge on any atom is -0.337 e. The predicted molar refractivity (Wildman–Crippen MR) is 111 cm³/mol. The summed E-state index contributed by atoms with van der Waals surface area (Å²) in [5, 5.41) is 4.26. The molecular weight excluding hydrogens is 397 g/mol. The van der Waals surface area contributed by atoms with Crippen LogP contribution in [0.2, 0.25) is 0 Å². The standard InChI is InChI=1S/C23H24FN5O2/c1-28-15-23(9-11-29(12-10-23)22(30)18-8-7-17(24)14-25-18)13-19(28)20-26-21(31-27-20)16-5-3-2-4-6-16/h2-8,14,19H,9-13,15H2,1H3. The van der Waals surface area contributed by atoms with E-state index >= 15 is 0 Å². The number of amides is 1. The molecule has 160 valence electrons. The first-order valence-electron chi connectivity index (χ1n) is 10.5. The Hall–Kier alpha value is -3.13. The number of pyridine rings is 1. The molecule has 2 aromatic heterocycles. The monoisotopic (exact) mass is 421 g/mol. The van der Waals surface area contributed by atoms with Gasteiger partial charge in [0.15, 0.2) is 5.82 Å². The van der Waals surface area contributed by atoms with Crippen LogP contribution in [0.15, 0.2) is 53.2 Å². The molecule has 7 nitrogen and oxygen atoms in total. The summed E-state index contributed by atoms with van der Waals surface area (Å²) in [5.74, 6) is 0.680. The van der Waals surface area contributed by atoms with E-state index in [2.05, 4.69) is 27.1 Å². The van der Waals surface area contributed by atoms with E-state index in [9.17, 15) is 9.18 Å². The van der Waals surface area contributed by atoms with Gasteiger partial charge in [-0.15, -0.1) is 0 Å². The summed E-state index contributed by atoms with van der Waals surface area (Å²) < 4.78 is 18.6. The molecule has 5 rings (SSSR count). The zero-order valence-corrected chi connectivity index (χ0v) is 17.4. The number of benzene rings is 1. The Morgan fingerprint density at radius 1 is 1.16 bits per heavy atom. The Balaban J connectivity index is 1.25. The van der Waals surface area contributed by atoms with E-state index in [-0.39, 0.29) is 17.4 Å². The first kappa shape index (κ1) is 19.8. The van der Waals surface area contributed by atoms with E-state index < -0.39 is 5.82 Å². The van der Waals surface area contributed by atoms with Gasteiger partial charge in [-0.25, -0.2) is 9.37 Å². The van der Waals surface area contributed by atoms with Gasteiger partial charge in [0.2, 0.25) is 0 Å². The topological polar surface area (TPSA) is 75.4 Å². The van der Waals surface area contributed by atoms with Crippen molar-refractivity contribution in [1.29, 1.82) is 0 Å². The molecule has 1 unspecified atom stereocenters. The van der Waals surface area contributed by atoms with Gasteiger partial charge in [-0.2, -0.15) is 4.98 Å². The van der Waals surface area contributed by atoms with Crippen molar-refractivity contribution in [2.45, 2.75) is 25.3 Å². The lowest BCUT2D eigenvalue weighted by molar-refractivity contribution is 0.0587. The van der Waals surface area contributed by atoms with Crippen LogP contribution >= 0.6 is 0 Å². The summed E-state index contributed by atoms with van der Waals surface area (Å²) in [6.45, 7) is 2.27. The van der Waals surface area contributed by atoms with Crippen molar-refractivity contribution in [3.63, 3.8) is 0 Å². The van der Waals surface area contributed by atoms with Gasteiger partial charge in [-0.3, -0.25) is 9.69 Å². The molecule has 8 heteroatoms. The van der Waals surface area contributed by atoms with Crippen molar-refractivity contribution in [2.75, 3.05) is 26.7 Å². The quantitative estimate of drug-likeness (QED) is 0.644. The van der Waals surface area contributed by atoms with Crippen molar-refractivity contribution >= 4 is 5.91 Å². The minimum atomic E-state index is -0.439. The lowest BCUT2D eigenvalue weighted by atomic mass is 9.76. The van der Waals surface area contributed by atoms with Gasteiger partial charge in [0, 0.05) is 25.2 Å². The third kappa shape index (κ3) is 3.83. The number of hydrogen-bond donors (Lipinski definition) is 0. The number of halogens is 1. The summed E-state index contributed by atoms with van der Waals surface area (Å²) in [6.07, 6.45) is 3.84. The summed E-state index contributed by atoms with van der Waals surface area (Å²) >= 11 is 0. The fourth-order valence-electron chi connectivity index (χ4n) is 4.84. The second-order valence-corrected chi connectivity index (χ2v) is 8.61. The van der Waals surface area contributed by atoms with E-state index in [1.807, 2.05) is 35.2 Å². The van der Waals surface area contributed by atoms with E-state index in [1.54, 1.807) is 0 Å². The van der Waals surface area contributed by atoms with Gasteiger partial charge >= 0.3 is 0 Å². The molecule has 0 N–H and O–H groups in total. The van der Waals surface area contributed by atoms with Crippen LogP contribution in [0.4, 0.5) is 4.39 Å². The van der Waals surface area contributed by atoms with Gasteiger partial charge in [-0.05, 0) is 56.0 Å². The summed E-state index contributed by atoms with van der Waals surface area (Å²) in [5.41, 5.74) is 1.33. The lowest BCUT2D eigenvalue weighted by Gasteiger charge is -2.39. The average Bonchev–Trinajstić information content (AvgIpc) is 3.40. The second kappa shape index (κ2) is 7.85. The van der Waals surface area contributed by atoms with Crippen LogP contribution in [0.1, 0.15) is 41.6 Å². The predicted octanol–water partition coefficient (Wildman–Crippen LogP) is 3.57. The number of nitrogens with zero attached hydrogens (tertiary/aromatic N) is 5. The number of rotatable bonds is 3. The number of aromatic nitrogens is 3. The Bertz CT molecular complexity index is 1060. The Kier molecular flexibility index (Phi) is 5.02. The molecule has 0 saturated carbocycles. The van der Waals surface area contributed by atoms with E-state index in [0.717, 1.165) is 37.6 Å². The molecule has 2 aliphatic heterocycles. The Labute approximate surface area is 179 Å². The highest BCUT2D eigenvalue weighted by atomic mass is 19.1. The van der Waals surface area contributed by atoms with Crippen LogP contribution in [0.25, 0.3) is 11.5 Å². The second-order valence-electron chi connectivity index (χ2n) is 8.61. The van der Waals surface area contributed by atoms with Crippen molar-refractivity contribution in [3.05, 3.63) is 66.0 Å². The zero-order valence-electron chi connectivity index (χ0n) is 17.4. The maximum absolute atomic E-state index is 13.1. The summed E-state index contributed by atoms with van der Waals surface area (Å²) in [6, 6.07) is 12.6. The normalized spacial score (nSPS) is 21.0. The number of hydrogen-bond acceptors (Lipinski definition) is 6. The van der Waals surface area contributed by atoms with Crippen LogP contribution in [-0.4, -0.2) is 57.5 Å². The SMILES string of the molecule is CN1CC2(CCN(C(=O)c3ccc(F)cn3)CC2)CC1c1noc(-c2ccccc2)n1.